The first-order valence-electron chi connectivity index (χ1n) is 12.7. The molecule has 0 radical (unpaired) electrons. The number of rotatable bonds is 14. The number of amides is 4. The highest BCUT2D eigenvalue weighted by Gasteiger charge is 2.35. The van der Waals surface area contributed by atoms with E-state index in [1.165, 1.54) is 0 Å². The van der Waals surface area contributed by atoms with Gasteiger partial charge in [0, 0.05) is 19.0 Å². The van der Waals surface area contributed by atoms with E-state index < -0.39 is 42.0 Å². The Morgan fingerprint density at radius 2 is 1.86 bits per heavy atom. The predicted molar refractivity (Wildman–Crippen MR) is 135 cm³/mol. The maximum atomic E-state index is 13.2. The Labute approximate surface area is 212 Å². The summed E-state index contributed by atoms with van der Waals surface area (Å²) in [5, 5.41) is 21.5. The molecule has 1 saturated heterocycles. The van der Waals surface area contributed by atoms with Gasteiger partial charge in [0.25, 0.3) is 5.91 Å². The fourth-order valence-electron chi connectivity index (χ4n) is 4.01. The van der Waals surface area contributed by atoms with E-state index in [1.54, 1.807) is 0 Å². The van der Waals surface area contributed by atoms with Crippen LogP contribution in [0, 0.1) is 11.8 Å². The van der Waals surface area contributed by atoms with Crippen LogP contribution in [0.4, 0.5) is 4.79 Å². The first-order valence-corrected chi connectivity index (χ1v) is 12.7. The van der Waals surface area contributed by atoms with E-state index in [-0.39, 0.29) is 24.9 Å². The molecule has 2 rings (SSSR count). The largest absolute Gasteiger partial charge is 0.445 e. The van der Waals surface area contributed by atoms with Gasteiger partial charge in [0.15, 0.2) is 6.10 Å². The first kappa shape index (κ1) is 29.1. The molecule has 1 fully saturated rings. The third-order valence-corrected chi connectivity index (χ3v) is 6.04. The molecule has 2 unspecified atom stereocenters. The number of hydrogen-bond donors (Lipinski definition) is 5. The second-order valence-corrected chi connectivity index (χ2v) is 9.61. The standard InChI is InChI=1S/C26H40N4O6/c1-4-5-12-27-25(34)22(31)20(15-19-11-13-28-23(19)32)29-24(33)21(14-17(2)3)30-26(35)36-16-18-9-7-6-8-10-18/h6-10,17,19-22,31H,4-5,11-16H2,1-3H3,(H,27,34)(H,28,32)(H,29,33)(H,30,35)/t19?,20-,21-,22?/m0/s1. The zero-order valence-electron chi connectivity index (χ0n) is 21.4. The van der Waals surface area contributed by atoms with Gasteiger partial charge in [-0.2, -0.15) is 0 Å². The van der Waals surface area contributed by atoms with Gasteiger partial charge in [0.2, 0.25) is 11.8 Å². The Balaban J connectivity index is 2.07. The van der Waals surface area contributed by atoms with Gasteiger partial charge < -0.3 is 31.1 Å². The van der Waals surface area contributed by atoms with Crippen LogP contribution in [0.3, 0.4) is 0 Å². The van der Waals surface area contributed by atoms with Crippen LogP contribution in [0.15, 0.2) is 30.3 Å². The lowest BCUT2D eigenvalue weighted by Gasteiger charge is -2.28. The van der Waals surface area contributed by atoms with Crippen LogP contribution in [-0.2, 0) is 25.7 Å². The van der Waals surface area contributed by atoms with Crippen LogP contribution in [-0.4, -0.2) is 60.2 Å². The highest BCUT2D eigenvalue weighted by Crippen LogP contribution is 2.19. The molecule has 0 spiro atoms. The minimum atomic E-state index is -1.54. The van der Waals surface area contributed by atoms with Gasteiger partial charge in [-0.05, 0) is 37.2 Å². The molecule has 1 aliphatic heterocycles. The molecule has 0 aliphatic carbocycles. The van der Waals surface area contributed by atoms with Crippen molar-refractivity contribution in [3.05, 3.63) is 35.9 Å². The molecule has 4 amide bonds. The van der Waals surface area contributed by atoms with Crippen molar-refractivity contribution in [2.75, 3.05) is 13.1 Å². The number of ether oxygens (including phenoxy) is 1. The fourth-order valence-corrected chi connectivity index (χ4v) is 4.01. The molecule has 0 aromatic heterocycles. The maximum absolute atomic E-state index is 13.2. The number of alkyl carbamates (subject to hydrolysis) is 1. The summed E-state index contributed by atoms with van der Waals surface area (Å²) >= 11 is 0. The van der Waals surface area contributed by atoms with Crippen molar-refractivity contribution in [3.8, 4) is 0 Å². The highest BCUT2D eigenvalue weighted by molar-refractivity contribution is 5.88. The van der Waals surface area contributed by atoms with Gasteiger partial charge >= 0.3 is 6.09 Å². The molecule has 36 heavy (non-hydrogen) atoms. The van der Waals surface area contributed by atoms with Crippen molar-refractivity contribution in [2.24, 2.45) is 11.8 Å². The van der Waals surface area contributed by atoms with Crippen LogP contribution in [0.25, 0.3) is 0 Å². The van der Waals surface area contributed by atoms with Crippen molar-refractivity contribution in [2.45, 2.75) is 77.7 Å². The number of benzene rings is 1. The lowest BCUT2D eigenvalue weighted by molar-refractivity contribution is -0.134. The van der Waals surface area contributed by atoms with Crippen molar-refractivity contribution in [3.63, 3.8) is 0 Å². The van der Waals surface area contributed by atoms with Crippen molar-refractivity contribution in [1.29, 1.82) is 0 Å². The van der Waals surface area contributed by atoms with E-state index >= 15 is 0 Å². The Bertz CT molecular complexity index is 863. The Morgan fingerprint density at radius 1 is 1.14 bits per heavy atom. The minimum Gasteiger partial charge on any atom is -0.445 e. The predicted octanol–water partition coefficient (Wildman–Crippen LogP) is 1.62. The van der Waals surface area contributed by atoms with E-state index in [0.717, 1.165) is 18.4 Å². The van der Waals surface area contributed by atoms with Crippen LogP contribution < -0.4 is 21.3 Å². The maximum Gasteiger partial charge on any atom is 0.408 e. The summed E-state index contributed by atoms with van der Waals surface area (Å²) in [7, 11) is 0. The SMILES string of the molecule is CCCCNC(=O)C(O)[C@H](CC1CCNC1=O)NC(=O)[C@H](CC(C)C)NC(=O)OCc1ccccc1. The molecule has 0 saturated carbocycles. The van der Waals surface area contributed by atoms with Gasteiger partial charge in [0.1, 0.15) is 12.6 Å². The molecule has 5 N–H and O–H groups in total. The van der Waals surface area contributed by atoms with Crippen LogP contribution in [0.2, 0.25) is 0 Å². The number of aliphatic hydroxyl groups is 1. The van der Waals surface area contributed by atoms with Crippen molar-refractivity contribution in [1.82, 2.24) is 21.3 Å². The third-order valence-electron chi connectivity index (χ3n) is 6.04. The summed E-state index contributed by atoms with van der Waals surface area (Å²) in [5.41, 5.74) is 0.810. The number of carbonyl (C=O) groups is 4. The van der Waals surface area contributed by atoms with Crippen LogP contribution >= 0.6 is 0 Å². The summed E-state index contributed by atoms with van der Waals surface area (Å²) in [6, 6.07) is 7.23. The normalized spacial score (nSPS) is 17.6. The lowest BCUT2D eigenvalue weighted by atomic mass is 9.93. The summed E-state index contributed by atoms with van der Waals surface area (Å²) in [6.45, 7) is 6.77. The highest BCUT2D eigenvalue weighted by atomic mass is 16.5. The Kier molecular flexibility index (Phi) is 12.2. The van der Waals surface area contributed by atoms with Gasteiger partial charge in [-0.3, -0.25) is 14.4 Å². The third kappa shape index (κ3) is 9.85. The molecule has 1 aliphatic rings. The molecule has 200 valence electrons. The zero-order chi connectivity index (χ0) is 26.5. The van der Waals surface area contributed by atoms with E-state index in [9.17, 15) is 24.3 Å². The van der Waals surface area contributed by atoms with Crippen molar-refractivity contribution < 1.29 is 29.0 Å². The molecular weight excluding hydrogens is 464 g/mol. The van der Waals surface area contributed by atoms with Gasteiger partial charge in [0.05, 0.1) is 6.04 Å². The molecule has 1 heterocycles. The monoisotopic (exact) mass is 504 g/mol. The van der Waals surface area contributed by atoms with Gasteiger partial charge in [-0.15, -0.1) is 0 Å². The first-order chi connectivity index (χ1) is 17.2. The topological polar surface area (TPSA) is 146 Å². The quantitative estimate of drug-likeness (QED) is 0.243. The van der Waals surface area contributed by atoms with E-state index in [1.807, 2.05) is 51.1 Å². The van der Waals surface area contributed by atoms with E-state index in [4.69, 9.17) is 4.74 Å². The average Bonchev–Trinajstić information content (AvgIpc) is 3.26. The number of carbonyl (C=O) groups excluding carboxylic acids is 4. The molecule has 1 aromatic carbocycles. The number of unbranched alkanes of at least 4 members (excludes halogenated alkanes) is 1. The number of nitrogens with one attached hydrogen (secondary N) is 4. The lowest BCUT2D eigenvalue weighted by Crippen LogP contribution is -2.56. The Morgan fingerprint density at radius 3 is 2.47 bits per heavy atom. The van der Waals surface area contributed by atoms with Crippen molar-refractivity contribution >= 4 is 23.8 Å². The second kappa shape index (κ2) is 15.1. The minimum absolute atomic E-state index is 0.0543. The molecule has 10 nitrogen and oxygen atoms in total. The summed E-state index contributed by atoms with van der Waals surface area (Å²) in [5.74, 6) is -1.70. The molecule has 0 bridgehead atoms. The van der Waals surface area contributed by atoms with Gasteiger partial charge in [-0.1, -0.05) is 57.5 Å². The Hall–Kier alpha value is -3.14. The molecule has 10 heteroatoms. The summed E-state index contributed by atoms with van der Waals surface area (Å²) in [6.07, 6.45) is 0.324. The fraction of sp³-hybridized carbons (Fsp3) is 0.615. The zero-order valence-corrected chi connectivity index (χ0v) is 21.4. The molecular formula is C26H40N4O6. The van der Waals surface area contributed by atoms with E-state index in [2.05, 4.69) is 21.3 Å². The smallest absolute Gasteiger partial charge is 0.408 e. The summed E-state index contributed by atoms with van der Waals surface area (Å²) < 4.78 is 5.26. The molecule has 1 aromatic rings. The number of hydrogen-bond acceptors (Lipinski definition) is 6. The average molecular weight is 505 g/mol. The van der Waals surface area contributed by atoms with Crippen LogP contribution in [0.1, 0.15) is 58.4 Å². The number of aliphatic hydroxyl groups excluding tert-OH is 1. The second-order valence-electron chi connectivity index (χ2n) is 9.61. The van der Waals surface area contributed by atoms with Gasteiger partial charge in [-0.25, -0.2) is 4.79 Å². The molecule has 4 atom stereocenters. The van der Waals surface area contributed by atoms with E-state index in [0.29, 0.717) is 25.9 Å². The summed E-state index contributed by atoms with van der Waals surface area (Å²) in [4.78, 5) is 50.3. The van der Waals surface area contributed by atoms with Crippen LogP contribution in [0.5, 0.6) is 0 Å².